The Balaban J connectivity index is 1.76. The van der Waals surface area contributed by atoms with Crippen molar-refractivity contribution in [3.05, 3.63) is 22.4 Å². The molecule has 6 nitrogen and oxygen atoms in total. The first-order chi connectivity index (χ1) is 10.2. The lowest BCUT2D eigenvalue weighted by molar-refractivity contribution is -0.154. The number of methoxy groups -OCH3 is 1. The minimum absolute atomic E-state index is 0.0811. The van der Waals surface area contributed by atoms with Crippen LogP contribution in [-0.4, -0.2) is 62.8 Å². The van der Waals surface area contributed by atoms with Crippen LogP contribution in [0.3, 0.4) is 0 Å². The van der Waals surface area contributed by atoms with Crippen molar-refractivity contribution in [3.63, 3.8) is 0 Å². The lowest BCUT2D eigenvalue weighted by atomic mass is 10.2. The number of carbonyl (C=O) groups is 2. The predicted molar refractivity (Wildman–Crippen MR) is 79.2 cm³/mol. The molecule has 7 heteroatoms. The summed E-state index contributed by atoms with van der Waals surface area (Å²) >= 11 is 1.68. The van der Waals surface area contributed by atoms with Gasteiger partial charge in [0.1, 0.15) is 6.04 Å². The molecule has 0 aromatic carbocycles. The van der Waals surface area contributed by atoms with Crippen LogP contribution in [0.4, 0.5) is 0 Å². The molecule has 0 aliphatic carbocycles. The van der Waals surface area contributed by atoms with Crippen LogP contribution in [0, 0.1) is 0 Å². The highest BCUT2D eigenvalue weighted by molar-refractivity contribution is 7.09. The summed E-state index contributed by atoms with van der Waals surface area (Å²) in [6, 6.07) is 3.55. The standard InChI is InChI=1S/C14H20N2O4S/c1-19-14(18)12-10-20-7-6-16(12)9-13(17)15-5-4-11-3-2-8-21-11/h2-3,8,12H,4-7,9-10H2,1H3,(H,15,17). The smallest absolute Gasteiger partial charge is 0.325 e. The molecule has 1 unspecified atom stereocenters. The fourth-order valence-corrected chi connectivity index (χ4v) is 2.91. The van der Waals surface area contributed by atoms with Gasteiger partial charge < -0.3 is 14.8 Å². The number of nitrogens with one attached hydrogen (secondary N) is 1. The summed E-state index contributed by atoms with van der Waals surface area (Å²) in [4.78, 5) is 26.7. The van der Waals surface area contributed by atoms with Crippen molar-refractivity contribution in [2.24, 2.45) is 0 Å². The summed E-state index contributed by atoms with van der Waals surface area (Å²) in [6.45, 7) is 2.14. The molecule has 0 bridgehead atoms. The highest BCUT2D eigenvalue weighted by Gasteiger charge is 2.31. The predicted octanol–water partition coefficient (Wildman–Crippen LogP) is 0.281. The van der Waals surface area contributed by atoms with Crippen LogP contribution in [-0.2, 0) is 25.5 Å². The van der Waals surface area contributed by atoms with E-state index in [2.05, 4.69) is 5.32 Å². The van der Waals surface area contributed by atoms with Gasteiger partial charge in [-0.15, -0.1) is 11.3 Å². The highest BCUT2D eigenvalue weighted by atomic mass is 32.1. The molecule has 1 saturated heterocycles. The fourth-order valence-electron chi connectivity index (χ4n) is 2.20. The summed E-state index contributed by atoms with van der Waals surface area (Å²) in [5.41, 5.74) is 0. The van der Waals surface area contributed by atoms with Gasteiger partial charge in [-0.1, -0.05) is 6.07 Å². The average Bonchev–Trinajstić information content (AvgIpc) is 3.00. The third-order valence-electron chi connectivity index (χ3n) is 3.33. The van der Waals surface area contributed by atoms with Crippen molar-refractivity contribution in [2.75, 3.05) is 40.0 Å². The lowest BCUT2D eigenvalue weighted by Crippen LogP contribution is -2.53. The number of esters is 1. The van der Waals surface area contributed by atoms with E-state index in [1.165, 1.54) is 12.0 Å². The molecule has 1 atom stereocenters. The molecule has 1 aromatic heterocycles. The number of amides is 1. The summed E-state index contributed by atoms with van der Waals surface area (Å²) in [6.07, 6.45) is 0.826. The number of ether oxygens (including phenoxy) is 2. The zero-order valence-electron chi connectivity index (χ0n) is 12.0. The van der Waals surface area contributed by atoms with Crippen LogP contribution in [0.2, 0.25) is 0 Å². The van der Waals surface area contributed by atoms with Crippen LogP contribution >= 0.6 is 11.3 Å². The largest absolute Gasteiger partial charge is 0.468 e. The quantitative estimate of drug-likeness (QED) is 0.764. The van der Waals surface area contributed by atoms with E-state index >= 15 is 0 Å². The van der Waals surface area contributed by atoms with E-state index in [0.29, 0.717) is 19.7 Å². The van der Waals surface area contributed by atoms with E-state index in [-0.39, 0.29) is 25.0 Å². The number of hydrogen-bond acceptors (Lipinski definition) is 6. The molecule has 2 rings (SSSR count). The van der Waals surface area contributed by atoms with Crippen LogP contribution in [0.25, 0.3) is 0 Å². The molecule has 21 heavy (non-hydrogen) atoms. The van der Waals surface area contributed by atoms with Crippen molar-refractivity contribution in [1.29, 1.82) is 0 Å². The fraction of sp³-hybridized carbons (Fsp3) is 0.571. The number of morpholine rings is 1. The Hall–Kier alpha value is -1.44. The van der Waals surface area contributed by atoms with Gasteiger partial charge in [0.2, 0.25) is 5.91 Å². The molecule has 0 saturated carbocycles. The summed E-state index contributed by atoms with van der Waals surface area (Å²) in [5.74, 6) is -0.441. The van der Waals surface area contributed by atoms with Crippen LogP contribution in [0.5, 0.6) is 0 Å². The minimum atomic E-state index is -0.494. The van der Waals surface area contributed by atoms with Gasteiger partial charge in [-0.05, 0) is 17.9 Å². The van der Waals surface area contributed by atoms with Crippen molar-refractivity contribution in [3.8, 4) is 0 Å². The number of nitrogens with zero attached hydrogens (tertiary/aromatic N) is 1. The number of rotatable bonds is 6. The van der Waals surface area contributed by atoms with E-state index in [4.69, 9.17) is 9.47 Å². The van der Waals surface area contributed by atoms with E-state index in [1.54, 1.807) is 16.2 Å². The molecule has 1 aliphatic heterocycles. The van der Waals surface area contributed by atoms with Crippen molar-refractivity contribution in [2.45, 2.75) is 12.5 Å². The average molecular weight is 312 g/mol. The van der Waals surface area contributed by atoms with E-state index < -0.39 is 6.04 Å². The third kappa shape index (κ3) is 4.80. The van der Waals surface area contributed by atoms with Gasteiger partial charge in [-0.25, -0.2) is 0 Å². The molecule has 1 amide bonds. The van der Waals surface area contributed by atoms with Crippen LogP contribution < -0.4 is 5.32 Å². The van der Waals surface area contributed by atoms with E-state index in [0.717, 1.165) is 6.42 Å². The Bertz CT molecular complexity index is 464. The van der Waals surface area contributed by atoms with Crippen molar-refractivity contribution < 1.29 is 19.1 Å². The number of hydrogen-bond donors (Lipinski definition) is 1. The van der Waals surface area contributed by atoms with Gasteiger partial charge in [0.05, 0.1) is 26.9 Å². The molecule has 116 valence electrons. The molecule has 2 heterocycles. The maximum Gasteiger partial charge on any atom is 0.325 e. The highest BCUT2D eigenvalue weighted by Crippen LogP contribution is 2.09. The van der Waals surface area contributed by atoms with Gasteiger partial charge >= 0.3 is 5.97 Å². The number of thiophene rings is 1. The summed E-state index contributed by atoms with van der Waals surface area (Å²) < 4.78 is 10.0. The van der Waals surface area contributed by atoms with E-state index in [9.17, 15) is 9.59 Å². The van der Waals surface area contributed by atoms with Gasteiger partial charge in [0, 0.05) is 18.0 Å². The summed E-state index contributed by atoms with van der Waals surface area (Å²) in [7, 11) is 1.34. The zero-order chi connectivity index (χ0) is 15.1. The second-order valence-electron chi connectivity index (χ2n) is 4.76. The zero-order valence-corrected chi connectivity index (χ0v) is 12.9. The monoisotopic (exact) mass is 312 g/mol. The Kier molecular flexibility index (Phi) is 6.16. The molecule has 0 radical (unpaired) electrons. The van der Waals surface area contributed by atoms with E-state index in [1.807, 2.05) is 17.5 Å². The Morgan fingerprint density at radius 3 is 3.14 bits per heavy atom. The topological polar surface area (TPSA) is 67.9 Å². The SMILES string of the molecule is COC(=O)C1COCCN1CC(=O)NCCc1cccs1. The third-order valence-corrected chi connectivity index (χ3v) is 4.27. The van der Waals surface area contributed by atoms with Crippen LogP contribution in [0.1, 0.15) is 4.88 Å². The van der Waals surface area contributed by atoms with Gasteiger partial charge in [-0.2, -0.15) is 0 Å². The normalized spacial score (nSPS) is 19.2. The first-order valence-corrected chi connectivity index (χ1v) is 7.77. The van der Waals surface area contributed by atoms with Crippen LogP contribution in [0.15, 0.2) is 17.5 Å². The molecule has 1 N–H and O–H groups in total. The Labute approximate surface area is 128 Å². The van der Waals surface area contributed by atoms with Crippen molar-refractivity contribution in [1.82, 2.24) is 10.2 Å². The molecule has 1 aromatic rings. The Morgan fingerprint density at radius 1 is 1.57 bits per heavy atom. The lowest BCUT2D eigenvalue weighted by Gasteiger charge is -2.32. The minimum Gasteiger partial charge on any atom is -0.468 e. The first-order valence-electron chi connectivity index (χ1n) is 6.89. The van der Waals surface area contributed by atoms with Gasteiger partial charge in [0.25, 0.3) is 0 Å². The Morgan fingerprint density at radius 2 is 2.43 bits per heavy atom. The second-order valence-corrected chi connectivity index (χ2v) is 5.80. The molecular formula is C14H20N2O4S. The summed E-state index contributed by atoms with van der Waals surface area (Å²) in [5, 5.41) is 4.90. The second kappa shape index (κ2) is 8.11. The maximum absolute atomic E-state index is 12.0. The first kappa shape index (κ1) is 15.9. The van der Waals surface area contributed by atoms with Crippen molar-refractivity contribution >= 4 is 23.2 Å². The molecular weight excluding hydrogens is 292 g/mol. The van der Waals surface area contributed by atoms with Gasteiger partial charge in [-0.3, -0.25) is 14.5 Å². The molecule has 0 spiro atoms. The maximum atomic E-state index is 12.0. The molecule has 1 fully saturated rings. The van der Waals surface area contributed by atoms with Gasteiger partial charge in [0.15, 0.2) is 0 Å². The molecule has 1 aliphatic rings. The number of carbonyl (C=O) groups excluding carboxylic acids is 2.